The van der Waals surface area contributed by atoms with E-state index in [9.17, 15) is 0 Å². The first kappa shape index (κ1) is 13.7. The van der Waals surface area contributed by atoms with Gasteiger partial charge in [-0.25, -0.2) is 4.98 Å². The van der Waals surface area contributed by atoms with Crippen molar-refractivity contribution in [2.75, 3.05) is 18.2 Å². The van der Waals surface area contributed by atoms with Crippen LogP contribution in [-0.2, 0) is 6.54 Å². The molecule has 0 spiro atoms. The number of halogens is 2. The molecule has 0 aliphatic carbocycles. The molecule has 0 radical (unpaired) electrons. The Bertz CT molecular complexity index is 572. The number of anilines is 2. The lowest BCUT2D eigenvalue weighted by atomic mass is 10.2. The largest absolute Gasteiger partial charge is 0.496 e. The molecule has 0 saturated carbocycles. The van der Waals surface area contributed by atoms with Crippen LogP contribution in [0.2, 0.25) is 10.2 Å². The van der Waals surface area contributed by atoms with Crippen LogP contribution in [0.25, 0.3) is 0 Å². The first-order valence-corrected chi connectivity index (χ1v) is 6.21. The highest BCUT2D eigenvalue weighted by molar-refractivity contribution is 6.31. The van der Waals surface area contributed by atoms with E-state index in [-0.39, 0.29) is 11.1 Å². The lowest BCUT2D eigenvalue weighted by molar-refractivity contribution is 0.410. The molecule has 1 aromatic carbocycles. The highest BCUT2D eigenvalue weighted by Gasteiger charge is 2.08. The molecule has 1 heterocycles. The molecule has 100 valence electrons. The molecular weight excluding hydrogens is 287 g/mol. The topological polar surface area (TPSA) is 73.1 Å². The molecule has 0 atom stereocenters. The molecule has 0 amide bonds. The number of rotatable bonds is 4. The highest BCUT2D eigenvalue weighted by atomic mass is 35.5. The molecule has 0 fully saturated rings. The second-order valence-corrected chi connectivity index (χ2v) is 4.50. The summed E-state index contributed by atoms with van der Waals surface area (Å²) in [6.45, 7) is 0.440. The fraction of sp³-hybridized carbons (Fsp3) is 0.167. The van der Waals surface area contributed by atoms with Crippen molar-refractivity contribution in [1.82, 2.24) is 9.97 Å². The molecule has 0 unspecified atom stereocenters. The number of aromatic nitrogens is 2. The summed E-state index contributed by atoms with van der Waals surface area (Å²) in [5.41, 5.74) is 6.35. The third-order valence-electron chi connectivity index (χ3n) is 2.45. The first-order valence-electron chi connectivity index (χ1n) is 5.45. The van der Waals surface area contributed by atoms with E-state index in [0.717, 1.165) is 5.56 Å². The van der Waals surface area contributed by atoms with Crippen molar-refractivity contribution in [3.05, 3.63) is 40.0 Å². The molecule has 7 heteroatoms. The fourth-order valence-corrected chi connectivity index (χ4v) is 2.03. The van der Waals surface area contributed by atoms with Gasteiger partial charge >= 0.3 is 0 Å². The van der Waals surface area contributed by atoms with Crippen molar-refractivity contribution in [3.8, 4) is 5.75 Å². The molecule has 2 aromatic rings. The number of hydrogen-bond donors (Lipinski definition) is 2. The SMILES string of the molecule is COc1cccc(Cl)c1CNc1cc(Cl)nc(N)n1. The first-order chi connectivity index (χ1) is 9.10. The van der Waals surface area contributed by atoms with Gasteiger partial charge in [0.1, 0.15) is 16.7 Å². The predicted molar refractivity (Wildman–Crippen MR) is 76.8 cm³/mol. The fourth-order valence-electron chi connectivity index (χ4n) is 1.61. The summed E-state index contributed by atoms with van der Waals surface area (Å²) in [4.78, 5) is 7.80. The second kappa shape index (κ2) is 5.95. The smallest absolute Gasteiger partial charge is 0.223 e. The van der Waals surface area contributed by atoms with Crippen molar-refractivity contribution in [1.29, 1.82) is 0 Å². The van der Waals surface area contributed by atoms with E-state index in [1.54, 1.807) is 19.2 Å². The molecule has 0 bridgehead atoms. The quantitative estimate of drug-likeness (QED) is 0.849. The van der Waals surface area contributed by atoms with Crippen LogP contribution in [0, 0.1) is 0 Å². The van der Waals surface area contributed by atoms with Gasteiger partial charge < -0.3 is 15.8 Å². The van der Waals surface area contributed by atoms with Gasteiger partial charge in [0.25, 0.3) is 0 Å². The maximum atomic E-state index is 6.13. The third-order valence-corrected chi connectivity index (χ3v) is 3.00. The van der Waals surface area contributed by atoms with Gasteiger partial charge in [-0.05, 0) is 12.1 Å². The number of nitrogens with zero attached hydrogens (tertiary/aromatic N) is 2. The van der Waals surface area contributed by atoms with Crippen molar-refractivity contribution >= 4 is 35.0 Å². The lowest BCUT2D eigenvalue weighted by Crippen LogP contribution is -2.06. The average molecular weight is 299 g/mol. The van der Waals surface area contributed by atoms with E-state index in [0.29, 0.717) is 23.1 Å². The summed E-state index contributed by atoms with van der Waals surface area (Å²) in [5.74, 6) is 1.34. The standard InChI is InChI=1S/C12H12Cl2N4O/c1-19-9-4-2-3-8(13)7(9)6-16-11-5-10(14)17-12(15)18-11/h2-5H,6H2,1H3,(H3,15,16,17,18). The number of methoxy groups -OCH3 is 1. The van der Waals surface area contributed by atoms with Crippen LogP contribution in [0.3, 0.4) is 0 Å². The zero-order chi connectivity index (χ0) is 13.8. The number of ether oxygens (including phenoxy) is 1. The number of nitrogens with one attached hydrogen (secondary N) is 1. The van der Waals surface area contributed by atoms with E-state index in [2.05, 4.69) is 15.3 Å². The number of benzene rings is 1. The Hall–Kier alpha value is -1.72. The van der Waals surface area contributed by atoms with E-state index < -0.39 is 0 Å². The van der Waals surface area contributed by atoms with Gasteiger partial charge in [-0.1, -0.05) is 29.3 Å². The van der Waals surface area contributed by atoms with Crippen molar-refractivity contribution in [2.24, 2.45) is 0 Å². The number of hydrogen-bond acceptors (Lipinski definition) is 5. The zero-order valence-electron chi connectivity index (χ0n) is 10.2. The molecule has 5 nitrogen and oxygen atoms in total. The summed E-state index contributed by atoms with van der Waals surface area (Å²) in [6, 6.07) is 7.04. The Kier molecular flexibility index (Phi) is 4.29. The summed E-state index contributed by atoms with van der Waals surface area (Å²) in [6.07, 6.45) is 0. The number of nitrogen functional groups attached to an aromatic ring is 1. The molecule has 1 aromatic heterocycles. The average Bonchev–Trinajstić information content (AvgIpc) is 2.36. The van der Waals surface area contributed by atoms with Crippen LogP contribution in [-0.4, -0.2) is 17.1 Å². The van der Waals surface area contributed by atoms with E-state index >= 15 is 0 Å². The normalized spacial score (nSPS) is 10.3. The van der Waals surface area contributed by atoms with Crippen LogP contribution in [0.5, 0.6) is 5.75 Å². The van der Waals surface area contributed by atoms with Crippen LogP contribution in [0.4, 0.5) is 11.8 Å². The van der Waals surface area contributed by atoms with Crippen LogP contribution < -0.4 is 15.8 Å². The van der Waals surface area contributed by atoms with Crippen molar-refractivity contribution < 1.29 is 4.74 Å². The minimum absolute atomic E-state index is 0.112. The third kappa shape index (κ3) is 3.39. The monoisotopic (exact) mass is 298 g/mol. The summed E-state index contributed by atoms with van der Waals surface area (Å²) >= 11 is 11.9. The maximum Gasteiger partial charge on any atom is 0.223 e. The highest BCUT2D eigenvalue weighted by Crippen LogP contribution is 2.27. The molecule has 0 aliphatic rings. The van der Waals surface area contributed by atoms with Gasteiger partial charge in [0.15, 0.2) is 0 Å². The molecule has 0 saturated heterocycles. The minimum atomic E-state index is 0.112. The van der Waals surface area contributed by atoms with Gasteiger partial charge in [-0.3, -0.25) is 0 Å². The second-order valence-electron chi connectivity index (χ2n) is 3.71. The molecule has 0 aliphatic heterocycles. The molecule has 19 heavy (non-hydrogen) atoms. The maximum absolute atomic E-state index is 6.13. The Morgan fingerprint density at radius 3 is 2.79 bits per heavy atom. The van der Waals surface area contributed by atoms with Gasteiger partial charge in [-0.15, -0.1) is 0 Å². The predicted octanol–water partition coefficient (Wildman–Crippen LogP) is 2.99. The van der Waals surface area contributed by atoms with Crippen molar-refractivity contribution in [2.45, 2.75) is 6.54 Å². The molecular formula is C12H12Cl2N4O. The summed E-state index contributed by atoms with van der Waals surface area (Å²) in [7, 11) is 1.59. The van der Waals surface area contributed by atoms with E-state index in [1.165, 1.54) is 0 Å². The van der Waals surface area contributed by atoms with E-state index in [1.807, 2.05) is 12.1 Å². The van der Waals surface area contributed by atoms with Crippen molar-refractivity contribution in [3.63, 3.8) is 0 Å². The van der Waals surface area contributed by atoms with Crippen LogP contribution in [0.1, 0.15) is 5.56 Å². The summed E-state index contributed by atoms with van der Waals surface area (Å²) < 4.78 is 5.25. The van der Waals surface area contributed by atoms with Gasteiger partial charge in [0, 0.05) is 23.2 Å². The molecule has 3 N–H and O–H groups in total. The lowest BCUT2D eigenvalue weighted by Gasteiger charge is -2.12. The Morgan fingerprint density at radius 2 is 2.11 bits per heavy atom. The Labute approximate surface area is 120 Å². The Balaban J connectivity index is 2.18. The van der Waals surface area contributed by atoms with Crippen LogP contribution >= 0.6 is 23.2 Å². The van der Waals surface area contributed by atoms with Gasteiger partial charge in [0.2, 0.25) is 5.95 Å². The number of nitrogens with two attached hydrogens (primary N) is 1. The zero-order valence-corrected chi connectivity index (χ0v) is 11.7. The van der Waals surface area contributed by atoms with Gasteiger partial charge in [0.05, 0.1) is 7.11 Å². The minimum Gasteiger partial charge on any atom is -0.496 e. The molecule has 2 rings (SSSR count). The summed E-state index contributed by atoms with van der Waals surface area (Å²) in [5, 5.41) is 3.97. The Morgan fingerprint density at radius 1 is 1.32 bits per heavy atom. The van der Waals surface area contributed by atoms with E-state index in [4.69, 9.17) is 33.7 Å². The van der Waals surface area contributed by atoms with Gasteiger partial charge in [-0.2, -0.15) is 4.98 Å². The van der Waals surface area contributed by atoms with Crippen LogP contribution in [0.15, 0.2) is 24.3 Å².